The maximum absolute atomic E-state index is 2.51. The van der Waals surface area contributed by atoms with Gasteiger partial charge in [0.1, 0.15) is 0 Å². The van der Waals surface area contributed by atoms with Crippen LogP contribution >= 0.6 is 0 Å². The molecule has 0 aliphatic heterocycles. The Morgan fingerprint density at radius 3 is 1.62 bits per heavy atom. The van der Waals surface area contributed by atoms with E-state index in [4.69, 9.17) is 0 Å². The Morgan fingerprint density at radius 1 is 0.750 bits per heavy atom. The van der Waals surface area contributed by atoms with Gasteiger partial charge in [-0.3, -0.25) is 0 Å². The van der Waals surface area contributed by atoms with Crippen molar-refractivity contribution in [3.63, 3.8) is 0 Å². The van der Waals surface area contributed by atoms with Crippen LogP contribution in [0.2, 0.25) is 9.26 Å². The van der Waals surface area contributed by atoms with Crippen molar-refractivity contribution < 1.29 is 21.8 Å². The molecule has 0 radical (unpaired) electrons. The van der Waals surface area contributed by atoms with Gasteiger partial charge in [-0.25, -0.2) is 0 Å². The predicted molar refractivity (Wildman–Crippen MR) is 65.4 cm³/mol. The van der Waals surface area contributed by atoms with Gasteiger partial charge in [0.15, 0.2) is 0 Å². The summed E-state index contributed by atoms with van der Waals surface area (Å²) in [5, 5.41) is 0. The molecule has 0 amide bonds. The molecular weight excluding hydrogens is 271 g/mol. The molecule has 79 valence electrons. The van der Waals surface area contributed by atoms with Crippen molar-refractivity contribution in [2.75, 3.05) is 0 Å². The first-order valence-corrected chi connectivity index (χ1v) is 12.1. The standard InChI is InChI=1S/C13H9.2CH3.Zr/c1-3-7-12-10(5-1)9-11-6-2-4-8-13(11)12;;;/h1-9H;2*1H3;. The molecule has 1 heteroatoms. The van der Waals surface area contributed by atoms with E-state index in [2.05, 4.69) is 57.8 Å². The fourth-order valence-electron chi connectivity index (χ4n) is 2.78. The molecule has 2 aromatic rings. The average Bonchev–Trinajstić information content (AvgIpc) is 2.63. The van der Waals surface area contributed by atoms with Crippen molar-refractivity contribution in [3.8, 4) is 11.1 Å². The van der Waals surface area contributed by atoms with Crippen LogP contribution in [0.1, 0.15) is 14.8 Å². The van der Waals surface area contributed by atoms with E-state index in [0.717, 1.165) is 3.63 Å². The van der Waals surface area contributed by atoms with Gasteiger partial charge in [0.25, 0.3) is 0 Å². The number of fused-ring (bicyclic) bond motifs is 3. The van der Waals surface area contributed by atoms with Crippen molar-refractivity contribution >= 4 is 0 Å². The molecule has 0 aromatic heterocycles. The first-order chi connectivity index (χ1) is 7.79. The fraction of sp³-hybridized carbons (Fsp3) is 0.200. The van der Waals surface area contributed by atoms with Crippen molar-refractivity contribution in [1.29, 1.82) is 0 Å². The molecule has 16 heavy (non-hydrogen) atoms. The molecule has 2 aromatic carbocycles. The second-order valence-corrected chi connectivity index (χ2v) is 11.4. The molecule has 0 spiro atoms. The fourth-order valence-corrected chi connectivity index (χ4v) is 7.07. The molecule has 3 rings (SSSR count). The van der Waals surface area contributed by atoms with Crippen LogP contribution < -0.4 is 0 Å². The molecular formula is C15H15Zr. The van der Waals surface area contributed by atoms with Gasteiger partial charge >= 0.3 is 105 Å². The number of hydrogen-bond donors (Lipinski definition) is 0. The monoisotopic (exact) mass is 285 g/mol. The summed E-state index contributed by atoms with van der Waals surface area (Å²) in [5.41, 5.74) is 6.13. The zero-order chi connectivity index (χ0) is 11.1. The SMILES string of the molecule is [CH3][Zr]([CH3])[CH]1c2ccccc2-c2ccccc21. The minimum atomic E-state index is -1.26. The van der Waals surface area contributed by atoms with Crippen LogP contribution in [0.3, 0.4) is 0 Å². The van der Waals surface area contributed by atoms with E-state index in [1.807, 2.05) is 0 Å². The summed E-state index contributed by atoms with van der Waals surface area (Å²) >= 11 is -1.26. The molecule has 0 atom stereocenters. The second-order valence-electron chi connectivity index (χ2n) is 4.68. The molecule has 0 N–H and O–H groups in total. The van der Waals surface area contributed by atoms with Gasteiger partial charge in [0, 0.05) is 0 Å². The summed E-state index contributed by atoms with van der Waals surface area (Å²) in [5.74, 6) is 0. The maximum atomic E-state index is 2.51. The van der Waals surface area contributed by atoms with E-state index < -0.39 is 21.8 Å². The summed E-state index contributed by atoms with van der Waals surface area (Å²) in [6.45, 7) is 0. The van der Waals surface area contributed by atoms with Crippen molar-refractivity contribution in [2.24, 2.45) is 0 Å². The second kappa shape index (κ2) is 3.96. The molecule has 0 heterocycles. The summed E-state index contributed by atoms with van der Waals surface area (Å²) in [6.07, 6.45) is 0. The van der Waals surface area contributed by atoms with Crippen LogP contribution in [0.25, 0.3) is 11.1 Å². The van der Waals surface area contributed by atoms with E-state index in [9.17, 15) is 0 Å². The molecule has 0 unspecified atom stereocenters. The molecule has 0 saturated heterocycles. The predicted octanol–water partition coefficient (Wildman–Crippen LogP) is 4.47. The van der Waals surface area contributed by atoms with Crippen LogP contribution in [-0.4, -0.2) is 0 Å². The Balaban J connectivity index is 2.30. The Hall–Kier alpha value is -0.677. The Morgan fingerprint density at radius 2 is 1.19 bits per heavy atom. The third-order valence-electron chi connectivity index (χ3n) is 3.41. The summed E-state index contributed by atoms with van der Waals surface area (Å²) < 4.78 is 5.78. The molecule has 0 nitrogen and oxygen atoms in total. The van der Waals surface area contributed by atoms with Gasteiger partial charge in [-0.2, -0.15) is 0 Å². The number of benzene rings is 2. The molecule has 1 aliphatic carbocycles. The molecule has 1 aliphatic rings. The van der Waals surface area contributed by atoms with Crippen molar-refractivity contribution in [2.45, 2.75) is 12.9 Å². The van der Waals surface area contributed by atoms with Gasteiger partial charge in [-0.05, 0) is 0 Å². The average molecular weight is 287 g/mol. The topological polar surface area (TPSA) is 0 Å². The van der Waals surface area contributed by atoms with Crippen LogP contribution in [0, 0.1) is 0 Å². The normalized spacial score (nSPS) is 13.4. The van der Waals surface area contributed by atoms with E-state index in [0.29, 0.717) is 0 Å². The van der Waals surface area contributed by atoms with Crippen molar-refractivity contribution in [3.05, 3.63) is 59.7 Å². The molecule has 0 fully saturated rings. The van der Waals surface area contributed by atoms with Gasteiger partial charge in [-0.1, -0.05) is 0 Å². The quantitative estimate of drug-likeness (QED) is 0.725. The molecule has 0 saturated carbocycles. The zero-order valence-electron chi connectivity index (χ0n) is 9.70. The van der Waals surface area contributed by atoms with Gasteiger partial charge in [-0.15, -0.1) is 0 Å². The Kier molecular flexibility index (Phi) is 2.60. The number of rotatable bonds is 1. The van der Waals surface area contributed by atoms with E-state index in [1.54, 1.807) is 11.1 Å². The first kappa shape index (κ1) is 10.5. The van der Waals surface area contributed by atoms with Gasteiger partial charge < -0.3 is 0 Å². The first-order valence-electron chi connectivity index (χ1n) is 5.77. The molecule has 0 bridgehead atoms. The van der Waals surface area contributed by atoms with Crippen LogP contribution in [0.4, 0.5) is 0 Å². The Bertz CT molecular complexity index is 483. The van der Waals surface area contributed by atoms with Crippen molar-refractivity contribution in [1.82, 2.24) is 0 Å². The Labute approximate surface area is 105 Å². The third kappa shape index (κ3) is 1.45. The third-order valence-corrected chi connectivity index (χ3v) is 7.78. The van der Waals surface area contributed by atoms with E-state index >= 15 is 0 Å². The van der Waals surface area contributed by atoms with Crippen LogP contribution in [0.15, 0.2) is 48.5 Å². The zero-order valence-corrected chi connectivity index (χ0v) is 12.2. The van der Waals surface area contributed by atoms with E-state index in [1.165, 1.54) is 11.1 Å². The minimum absolute atomic E-state index is 0.773. The summed E-state index contributed by atoms with van der Waals surface area (Å²) in [6, 6.07) is 17.9. The van der Waals surface area contributed by atoms with Crippen LogP contribution in [-0.2, 0) is 21.8 Å². The summed E-state index contributed by atoms with van der Waals surface area (Å²) in [4.78, 5) is 0. The van der Waals surface area contributed by atoms with Gasteiger partial charge in [0.05, 0.1) is 0 Å². The van der Waals surface area contributed by atoms with Gasteiger partial charge in [0.2, 0.25) is 0 Å². The van der Waals surface area contributed by atoms with E-state index in [-0.39, 0.29) is 0 Å². The summed E-state index contributed by atoms with van der Waals surface area (Å²) in [7, 11) is 0. The van der Waals surface area contributed by atoms with Crippen LogP contribution in [0.5, 0.6) is 0 Å². The number of hydrogen-bond acceptors (Lipinski definition) is 0.